The molecule has 1 saturated heterocycles. The number of Topliss-reactive ketones (excluding diaryl/α,β-unsaturated/α-hetero) is 1. The maximum absolute atomic E-state index is 13.0. The van der Waals surface area contributed by atoms with Gasteiger partial charge < -0.3 is 4.57 Å². The Hall–Kier alpha value is -0.880. The van der Waals surface area contributed by atoms with Gasteiger partial charge in [-0.15, -0.1) is 0 Å². The van der Waals surface area contributed by atoms with E-state index < -0.39 is 7.14 Å². The lowest BCUT2D eigenvalue weighted by atomic mass is 10.0. The van der Waals surface area contributed by atoms with Gasteiger partial charge in [-0.3, -0.25) is 4.79 Å². The zero-order chi connectivity index (χ0) is 11.8. The first-order valence-electron chi connectivity index (χ1n) is 5.71. The van der Waals surface area contributed by atoms with Crippen LogP contribution in [0.3, 0.4) is 0 Å². The highest BCUT2D eigenvalue weighted by molar-refractivity contribution is 7.72. The first kappa shape index (κ1) is 11.6. The van der Waals surface area contributed by atoms with Gasteiger partial charge in [0.1, 0.15) is 12.9 Å². The monoisotopic (exact) mass is 236 g/mol. The summed E-state index contributed by atoms with van der Waals surface area (Å²) in [6.07, 6.45) is 1.00. The van der Waals surface area contributed by atoms with E-state index in [9.17, 15) is 9.36 Å². The van der Waals surface area contributed by atoms with Crippen molar-refractivity contribution in [3.8, 4) is 0 Å². The maximum Gasteiger partial charge on any atom is 0.136 e. The number of rotatable bonds is 1. The Morgan fingerprint density at radius 3 is 2.44 bits per heavy atom. The first-order valence-corrected chi connectivity index (χ1v) is 7.67. The number of carbonyl (C=O) groups is 1. The number of hydrogen-bond donors (Lipinski definition) is 0. The second-order valence-electron chi connectivity index (χ2n) is 4.73. The summed E-state index contributed by atoms with van der Waals surface area (Å²) in [5.41, 5.74) is -0.00130. The minimum Gasteiger partial charge on any atom is -0.318 e. The molecule has 0 N–H and O–H groups in total. The Kier molecular flexibility index (Phi) is 3.03. The number of hydrogen-bond acceptors (Lipinski definition) is 2. The molecule has 1 aliphatic heterocycles. The molecule has 3 unspecified atom stereocenters. The molecule has 86 valence electrons. The quantitative estimate of drug-likeness (QED) is 0.702. The molecule has 0 aromatic heterocycles. The van der Waals surface area contributed by atoms with Crippen LogP contribution in [0.25, 0.3) is 0 Å². The zero-order valence-electron chi connectivity index (χ0n) is 9.72. The first-order chi connectivity index (χ1) is 7.54. The summed E-state index contributed by atoms with van der Waals surface area (Å²) in [7, 11) is -2.37. The normalized spacial score (nSPS) is 35.0. The van der Waals surface area contributed by atoms with E-state index in [0.29, 0.717) is 12.6 Å². The van der Waals surface area contributed by atoms with Crippen LogP contribution in [-0.4, -0.2) is 17.6 Å². The van der Waals surface area contributed by atoms with Crippen molar-refractivity contribution in [3.63, 3.8) is 0 Å². The van der Waals surface area contributed by atoms with Crippen molar-refractivity contribution < 1.29 is 9.36 Å². The molecule has 3 heteroatoms. The van der Waals surface area contributed by atoms with Crippen LogP contribution in [0.5, 0.6) is 0 Å². The summed E-state index contributed by atoms with van der Waals surface area (Å²) < 4.78 is 13.0. The van der Waals surface area contributed by atoms with E-state index in [0.717, 1.165) is 5.30 Å². The van der Waals surface area contributed by atoms with Crippen molar-refractivity contribution in [2.45, 2.75) is 25.9 Å². The Morgan fingerprint density at radius 1 is 1.19 bits per heavy atom. The van der Waals surface area contributed by atoms with Crippen molar-refractivity contribution in [2.75, 3.05) is 6.16 Å². The average Bonchev–Trinajstić information content (AvgIpc) is 2.28. The molecule has 0 aliphatic carbocycles. The van der Waals surface area contributed by atoms with E-state index in [1.54, 1.807) is 0 Å². The Morgan fingerprint density at radius 2 is 1.81 bits per heavy atom. The Labute approximate surface area is 96.4 Å². The standard InChI is InChI=1S/C13H17O2P/c1-10-9-16(15,11(2)8-13(10)14)12-6-4-3-5-7-12/h3-7,10-11H,8-9H2,1-2H3. The number of carbonyl (C=O) groups excluding carboxylic acids is 1. The highest BCUT2D eigenvalue weighted by Crippen LogP contribution is 2.55. The summed E-state index contributed by atoms with van der Waals surface area (Å²) in [5, 5.41) is 0.932. The fraction of sp³-hybridized carbons (Fsp3) is 0.462. The molecular weight excluding hydrogens is 219 g/mol. The van der Waals surface area contributed by atoms with Gasteiger partial charge in [-0.1, -0.05) is 44.2 Å². The topological polar surface area (TPSA) is 34.1 Å². The second-order valence-corrected chi connectivity index (χ2v) is 8.09. The number of benzene rings is 1. The van der Waals surface area contributed by atoms with Crippen LogP contribution < -0.4 is 5.30 Å². The predicted octanol–water partition coefficient (Wildman–Crippen LogP) is 2.67. The van der Waals surface area contributed by atoms with Gasteiger partial charge in [0.2, 0.25) is 0 Å². The van der Waals surface area contributed by atoms with Crippen molar-refractivity contribution in [3.05, 3.63) is 30.3 Å². The molecule has 0 amide bonds. The molecule has 1 aromatic rings. The fourth-order valence-electron chi connectivity index (χ4n) is 2.37. The van der Waals surface area contributed by atoms with Gasteiger partial charge in [-0.2, -0.15) is 0 Å². The van der Waals surface area contributed by atoms with Crippen LogP contribution >= 0.6 is 7.14 Å². The van der Waals surface area contributed by atoms with Crippen molar-refractivity contribution in [1.82, 2.24) is 0 Å². The van der Waals surface area contributed by atoms with Crippen molar-refractivity contribution >= 4 is 18.2 Å². The molecule has 1 aliphatic rings. The second kappa shape index (κ2) is 4.18. The van der Waals surface area contributed by atoms with Gasteiger partial charge >= 0.3 is 0 Å². The third-order valence-corrected chi connectivity index (χ3v) is 7.37. The van der Waals surface area contributed by atoms with E-state index >= 15 is 0 Å². The lowest BCUT2D eigenvalue weighted by Crippen LogP contribution is -2.32. The van der Waals surface area contributed by atoms with Crippen molar-refractivity contribution in [1.29, 1.82) is 0 Å². The van der Waals surface area contributed by atoms with Crippen LogP contribution in [-0.2, 0) is 9.36 Å². The summed E-state index contributed by atoms with van der Waals surface area (Å²) in [6.45, 7) is 3.83. The zero-order valence-corrected chi connectivity index (χ0v) is 10.6. The summed E-state index contributed by atoms with van der Waals surface area (Å²) in [5.74, 6) is 0.206. The van der Waals surface area contributed by atoms with E-state index in [2.05, 4.69) is 0 Å². The molecule has 1 aromatic carbocycles. The van der Waals surface area contributed by atoms with Gasteiger partial charge in [0, 0.05) is 29.5 Å². The third-order valence-electron chi connectivity index (χ3n) is 3.50. The van der Waals surface area contributed by atoms with E-state index in [4.69, 9.17) is 0 Å². The summed E-state index contributed by atoms with van der Waals surface area (Å²) >= 11 is 0. The Balaban J connectivity index is 2.38. The molecule has 0 spiro atoms. The van der Waals surface area contributed by atoms with Gasteiger partial charge in [-0.05, 0) is 0 Å². The van der Waals surface area contributed by atoms with Gasteiger partial charge in [0.05, 0.1) is 0 Å². The minimum atomic E-state index is -2.37. The fourth-order valence-corrected chi connectivity index (χ4v) is 5.62. The minimum absolute atomic E-state index is 0.00130. The lowest BCUT2D eigenvalue weighted by Gasteiger charge is -2.32. The largest absolute Gasteiger partial charge is 0.318 e. The molecule has 0 saturated carbocycles. The van der Waals surface area contributed by atoms with E-state index in [-0.39, 0.29) is 17.4 Å². The SMILES string of the molecule is CC1CP(=O)(c2ccccc2)C(C)CC1=O. The molecule has 1 fully saturated rings. The molecule has 2 rings (SSSR count). The van der Waals surface area contributed by atoms with Crippen LogP contribution in [0.4, 0.5) is 0 Å². The summed E-state index contributed by atoms with van der Waals surface area (Å²) in [4.78, 5) is 11.6. The molecular formula is C13H17O2P. The number of ketones is 1. The van der Waals surface area contributed by atoms with E-state index in [1.807, 2.05) is 44.2 Å². The van der Waals surface area contributed by atoms with Gasteiger partial charge in [0.15, 0.2) is 0 Å². The smallest absolute Gasteiger partial charge is 0.136 e. The van der Waals surface area contributed by atoms with E-state index in [1.165, 1.54) is 0 Å². The maximum atomic E-state index is 13.0. The van der Waals surface area contributed by atoms with Crippen LogP contribution in [0, 0.1) is 5.92 Å². The van der Waals surface area contributed by atoms with Crippen LogP contribution in [0.15, 0.2) is 30.3 Å². The average molecular weight is 236 g/mol. The summed E-state index contributed by atoms with van der Waals surface area (Å²) in [6, 6.07) is 9.63. The molecule has 3 atom stereocenters. The van der Waals surface area contributed by atoms with Crippen LogP contribution in [0.1, 0.15) is 20.3 Å². The molecule has 1 heterocycles. The van der Waals surface area contributed by atoms with Gasteiger partial charge in [0.25, 0.3) is 0 Å². The van der Waals surface area contributed by atoms with Gasteiger partial charge in [-0.25, -0.2) is 0 Å². The molecule has 16 heavy (non-hydrogen) atoms. The molecule has 0 bridgehead atoms. The highest BCUT2D eigenvalue weighted by Gasteiger charge is 2.40. The van der Waals surface area contributed by atoms with Crippen LogP contribution in [0.2, 0.25) is 0 Å². The molecule has 2 nitrogen and oxygen atoms in total. The Bertz CT molecular complexity index is 439. The predicted molar refractivity (Wildman–Crippen MR) is 66.8 cm³/mol. The third kappa shape index (κ3) is 1.87. The highest BCUT2D eigenvalue weighted by atomic mass is 31.2. The lowest BCUT2D eigenvalue weighted by molar-refractivity contribution is -0.122. The van der Waals surface area contributed by atoms with Crippen molar-refractivity contribution in [2.24, 2.45) is 5.92 Å². The molecule has 0 radical (unpaired) electrons.